The number of benzene rings is 1. The zero-order valence-corrected chi connectivity index (χ0v) is 21.9. The molecule has 1 unspecified atom stereocenters. The fraction of sp³-hybridized carbons (Fsp3) is 0.381. The van der Waals surface area contributed by atoms with Gasteiger partial charge in [-0.25, -0.2) is 9.78 Å². The van der Waals surface area contributed by atoms with E-state index in [0.717, 1.165) is 13.2 Å². The lowest BCUT2D eigenvalue weighted by atomic mass is 10.1. The summed E-state index contributed by atoms with van der Waals surface area (Å²) in [5, 5.41) is -1.47. The molecule has 0 aliphatic heterocycles. The van der Waals surface area contributed by atoms with Crippen LogP contribution in [-0.4, -0.2) is 35.5 Å². The first-order valence-corrected chi connectivity index (χ1v) is 11.4. The van der Waals surface area contributed by atoms with Crippen LogP contribution in [-0.2, 0) is 39.3 Å². The highest BCUT2D eigenvalue weighted by molar-refractivity contribution is 9.10. The molecule has 1 aromatic heterocycles. The molecule has 0 bridgehead atoms. The largest absolute Gasteiger partial charge is 0.466 e. The maximum Gasteiger partial charge on any atom is 0.434 e. The minimum Gasteiger partial charge on any atom is -0.466 e. The van der Waals surface area contributed by atoms with Crippen LogP contribution in [0, 0.1) is 0 Å². The first kappa shape index (κ1) is 32.4. The number of esters is 1. The van der Waals surface area contributed by atoms with Gasteiger partial charge in [0.2, 0.25) is 12.2 Å². The van der Waals surface area contributed by atoms with Gasteiger partial charge in [-0.05, 0) is 35.0 Å². The van der Waals surface area contributed by atoms with Gasteiger partial charge in [-0.3, -0.25) is 14.3 Å². The Kier molecular flexibility index (Phi) is 9.77. The molecule has 18 heteroatoms. The lowest BCUT2D eigenvalue weighted by molar-refractivity contribution is -0.153. The first-order valence-electron chi connectivity index (χ1n) is 10.3. The highest BCUT2D eigenvalue weighted by Gasteiger charge is 2.44. The van der Waals surface area contributed by atoms with Crippen LogP contribution in [0.25, 0.3) is 0 Å². The smallest absolute Gasteiger partial charge is 0.434 e. The molecule has 39 heavy (non-hydrogen) atoms. The van der Waals surface area contributed by atoms with Gasteiger partial charge in [0.25, 0.3) is 5.56 Å². The van der Waals surface area contributed by atoms with Gasteiger partial charge in [-0.15, -0.1) is 6.58 Å². The summed E-state index contributed by atoms with van der Waals surface area (Å²) in [5.41, 5.74) is -8.69. The SMILES string of the molecule is C=CCn1c(N(c2cc(C(F)(F)F)cc(C(F)(F)F)c2Cl)C(OCC)C(=O)OC)nc(C(F)(F)F)c(Br)c1=O. The van der Waals surface area contributed by atoms with Crippen molar-refractivity contribution >= 4 is 45.1 Å². The zero-order valence-electron chi connectivity index (χ0n) is 19.6. The molecular weight excluding hydrogens is 645 g/mol. The van der Waals surface area contributed by atoms with Crippen LogP contribution in [0.3, 0.4) is 0 Å². The summed E-state index contributed by atoms with van der Waals surface area (Å²) < 4.78 is 132. The number of hydrogen-bond donors (Lipinski definition) is 0. The molecule has 2 rings (SSSR count). The molecule has 1 aromatic carbocycles. The van der Waals surface area contributed by atoms with Gasteiger partial charge >= 0.3 is 24.5 Å². The molecule has 1 heterocycles. The summed E-state index contributed by atoms with van der Waals surface area (Å²) >= 11 is 8.34. The van der Waals surface area contributed by atoms with Crippen molar-refractivity contribution in [1.82, 2.24) is 9.55 Å². The monoisotopic (exact) mass is 659 g/mol. The minimum atomic E-state index is -5.50. The Hall–Kier alpha value is -2.79. The number of aromatic nitrogens is 2. The second-order valence-electron chi connectivity index (χ2n) is 7.33. The summed E-state index contributed by atoms with van der Waals surface area (Å²) in [6, 6.07) is -0.295. The quantitative estimate of drug-likeness (QED) is 0.138. The van der Waals surface area contributed by atoms with E-state index in [4.69, 9.17) is 16.3 Å². The van der Waals surface area contributed by atoms with E-state index in [1.54, 1.807) is 0 Å². The Morgan fingerprint density at radius 2 is 1.74 bits per heavy atom. The molecule has 0 aliphatic carbocycles. The van der Waals surface area contributed by atoms with E-state index < -0.39 is 87.4 Å². The normalized spacial score (nSPS) is 13.3. The molecule has 1 atom stereocenters. The lowest BCUT2D eigenvalue weighted by Gasteiger charge is -2.33. The summed E-state index contributed by atoms with van der Waals surface area (Å²) in [7, 11) is 0.758. The van der Waals surface area contributed by atoms with Gasteiger partial charge in [-0.1, -0.05) is 17.7 Å². The summed E-state index contributed by atoms with van der Waals surface area (Å²) in [5.74, 6) is -2.75. The van der Waals surface area contributed by atoms with Crippen LogP contribution in [0.5, 0.6) is 0 Å². The number of alkyl halides is 9. The van der Waals surface area contributed by atoms with Crippen molar-refractivity contribution in [2.24, 2.45) is 0 Å². The third-order valence-corrected chi connectivity index (χ3v) is 5.91. The summed E-state index contributed by atoms with van der Waals surface area (Å²) in [6.45, 7) is 3.44. The van der Waals surface area contributed by atoms with Crippen molar-refractivity contribution in [1.29, 1.82) is 0 Å². The maximum absolute atomic E-state index is 13.8. The Bertz CT molecular complexity index is 1310. The van der Waals surface area contributed by atoms with Crippen molar-refractivity contribution in [2.75, 3.05) is 18.6 Å². The molecule has 0 amide bonds. The first-order chi connectivity index (χ1) is 17.8. The molecule has 0 spiro atoms. The topological polar surface area (TPSA) is 73.7 Å². The maximum atomic E-state index is 13.8. The molecular formula is C21H16BrClF9N3O4. The molecule has 0 fully saturated rings. The third-order valence-electron chi connectivity index (χ3n) is 4.80. The second-order valence-corrected chi connectivity index (χ2v) is 8.50. The standard InChI is InChI=1S/C21H16BrClF9N3O4/c1-4-6-34-15(36)12(22)14(21(30,31)32)33-18(34)35(16(39-5-2)17(37)38-3)11-8-9(19(24,25)26)7-10(13(11)23)20(27,28)29/h4,7-8,16H,1,5-6H2,2-3H3. The average Bonchev–Trinajstić information content (AvgIpc) is 2.80. The van der Waals surface area contributed by atoms with Gasteiger partial charge in [-0.2, -0.15) is 39.5 Å². The highest BCUT2D eigenvalue weighted by atomic mass is 79.9. The number of halogens is 11. The van der Waals surface area contributed by atoms with Crippen LogP contribution in [0.2, 0.25) is 5.02 Å². The number of anilines is 2. The number of ether oxygens (including phenoxy) is 2. The van der Waals surface area contributed by atoms with Crippen molar-refractivity contribution in [3.63, 3.8) is 0 Å². The number of allylic oxidation sites excluding steroid dienone is 1. The van der Waals surface area contributed by atoms with E-state index >= 15 is 0 Å². The number of methoxy groups -OCH3 is 1. The number of rotatable bonds is 8. The number of hydrogen-bond acceptors (Lipinski definition) is 6. The summed E-state index contributed by atoms with van der Waals surface area (Å²) in [6.07, 6.45) is -17.7. The van der Waals surface area contributed by atoms with Crippen LogP contribution in [0.4, 0.5) is 51.1 Å². The number of carbonyl (C=O) groups excluding carboxylic acids is 1. The molecule has 0 saturated carbocycles. The van der Waals surface area contributed by atoms with Crippen LogP contribution in [0.1, 0.15) is 23.7 Å². The molecule has 0 radical (unpaired) electrons. The number of carbonyl (C=O) groups is 1. The third kappa shape index (κ3) is 6.87. The summed E-state index contributed by atoms with van der Waals surface area (Å²) in [4.78, 5) is 28.9. The minimum absolute atomic E-state index is 0.0340. The zero-order chi connectivity index (χ0) is 30.1. The highest BCUT2D eigenvalue weighted by Crippen LogP contribution is 2.46. The van der Waals surface area contributed by atoms with Crippen LogP contribution in [0.15, 0.2) is 34.1 Å². The van der Waals surface area contributed by atoms with Gasteiger partial charge in [0, 0.05) is 13.2 Å². The van der Waals surface area contributed by atoms with Gasteiger partial charge in [0.1, 0.15) is 4.47 Å². The molecule has 2 aromatic rings. The Balaban J connectivity index is 3.25. The molecule has 0 aliphatic rings. The Labute approximate surface area is 226 Å². The van der Waals surface area contributed by atoms with Crippen molar-refractivity contribution in [3.05, 3.63) is 61.5 Å². The Morgan fingerprint density at radius 1 is 1.15 bits per heavy atom. The molecule has 0 saturated heterocycles. The van der Waals surface area contributed by atoms with E-state index in [2.05, 4.69) is 32.2 Å². The van der Waals surface area contributed by atoms with Gasteiger partial charge in [0.15, 0.2) is 5.69 Å². The van der Waals surface area contributed by atoms with Gasteiger partial charge in [0.05, 0.1) is 28.9 Å². The number of nitrogens with zero attached hydrogens (tertiary/aromatic N) is 3. The van der Waals surface area contributed by atoms with E-state index in [0.29, 0.717) is 4.57 Å². The lowest BCUT2D eigenvalue weighted by Crippen LogP contribution is -2.45. The van der Waals surface area contributed by atoms with E-state index in [1.807, 2.05) is 0 Å². The van der Waals surface area contributed by atoms with Crippen LogP contribution >= 0.6 is 27.5 Å². The predicted octanol–water partition coefficient (Wildman–Crippen LogP) is 6.58. The Morgan fingerprint density at radius 3 is 2.18 bits per heavy atom. The fourth-order valence-electron chi connectivity index (χ4n) is 3.19. The van der Waals surface area contributed by atoms with Crippen molar-refractivity contribution in [2.45, 2.75) is 38.2 Å². The van der Waals surface area contributed by atoms with E-state index in [9.17, 15) is 49.1 Å². The second kappa shape index (κ2) is 11.8. The van der Waals surface area contributed by atoms with E-state index in [-0.39, 0.29) is 17.0 Å². The van der Waals surface area contributed by atoms with Crippen molar-refractivity contribution < 1.29 is 53.8 Å². The molecule has 216 valence electrons. The van der Waals surface area contributed by atoms with Gasteiger partial charge < -0.3 is 9.47 Å². The van der Waals surface area contributed by atoms with E-state index in [1.165, 1.54) is 6.92 Å². The average molecular weight is 661 g/mol. The van der Waals surface area contributed by atoms with Crippen molar-refractivity contribution in [3.8, 4) is 0 Å². The predicted molar refractivity (Wildman–Crippen MR) is 122 cm³/mol. The molecule has 0 N–H and O–H groups in total. The fourth-order valence-corrected chi connectivity index (χ4v) is 4.02. The van der Waals surface area contributed by atoms with Crippen LogP contribution < -0.4 is 10.5 Å². The molecule has 7 nitrogen and oxygen atoms in total.